The number of nitrogens with one attached hydrogen (secondary N) is 2. The predicted molar refractivity (Wildman–Crippen MR) is 119 cm³/mol. The first kappa shape index (κ1) is 19.6. The molecule has 1 heterocycles. The number of halogens is 1. The van der Waals surface area contributed by atoms with Crippen LogP contribution in [0, 0.1) is 5.82 Å². The fraction of sp³-hybridized carbons (Fsp3) is 0.167. The lowest BCUT2D eigenvalue weighted by atomic mass is 10.1. The van der Waals surface area contributed by atoms with Crippen LogP contribution in [0.1, 0.15) is 16.7 Å². The van der Waals surface area contributed by atoms with E-state index in [1.807, 2.05) is 24.5 Å². The molecular weight excluding hydrogens is 377 g/mol. The Hall–Kier alpha value is -3.67. The van der Waals surface area contributed by atoms with Gasteiger partial charge in [-0.25, -0.2) is 9.37 Å². The summed E-state index contributed by atoms with van der Waals surface area (Å²) in [5, 5.41) is 6.55. The molecule has 0 bridgehead atoms. The van der Waals surface area contributed by atoms with Gasteiger partial charge in [0.15, 0.2) is 5.96 Å². The van der Waals surface area contributed by atoms with Crippen LogP contribution in [0.3, 0.4) is 0 Å². The van der Waals surface area contributed by atoms with Gasteiger partial charge in [-0.3, -0.25) is 4.99 Å². The van der Waals surface area contributed by atoms with Crippen molar-refractivity contribution in [1.82, 2.24) is 20.2 Å². The number of benzene rings is 3. The third-order valence-electron chi connectivity index (χ3n) is 4.96. The van der Waals surface area contributed by atoms with Gasteiger partial charge < -0.3 is 15.2 Å². The van der Waals surface area contributed by atoms with Gasteiger partial charge in [-0.05, 0) is 41.0 Å². The Labute approximate surface area is 175 Å². The first-order chi connectivity index (χ1) is 14.7. The van der Waals surface area contributed by atoms with Crippen molar-refractivity contribution in [1.29, 1.82) is 0 Å². The average molecular weight is 401 g/mol. The van der Waals surface area contributed by atoms with E-state index in [4.69, 9.17) is 0 Å². The monoisotopic (exact) mass is 401 g/mol. The normalized spacial score (nSPS) is 11.6. The zero-order chi connectivity index (χ0) is 20.8. The molecule has 0 atom stereocenters. The summed E-state index contributed by atoms with van der Waals surface area (Å²) >= 11 is 0. The molecule has 0 aliphatic heterocycles. The SMILES string of the molecule is CN=C(NCc1ccc(F)cc1)NCc1ccc(Cn2cnc3ccccc32)cc1. The van der Waals surface area contributed by atoms with E-state index in [1.165, 1.54) is 23.3 Å². The van der Waals surface area contributed by atoms with Crippen molar-refractivity contribution in [3.8, 4) is 0 Å². The van der Waals surface area contributed by atoms with E-state index in [9.17, 15) is 4.39 Å². The number of hydrogen-bond donors (Lipinski definition) is 2. The molecule has 152 valence electrons. The number of para-hydroxylation sites is 2. The highest BCUT2D eigenvalue weighted by Crippen LogP contribution is 2.14. The second kappa shape index (κ2) is 9.22. The molecule has 0 saturated carbocycles. The number of guanidine groups is 1. The van der Waals surface area contributed by atoms with Crippen LogP contribution in [-0.4, -0.2) is 22.6 Å². The average Bonchev–Trinajstić information content (AvgIpc) is 3.19. The highest BCUT2D eigenvalue weighted by atomic mass is 19.1. The minimum absolute atomic E-state index is 0.231. The molecule has 0 aliphatic carbocycles. The fourth-order valence-electron chi connectivity index (χ4n) is 3.29. The number of aliphatic imine (C=N–C) groups is 1. The molecule has 0 fully saturated rings. The largest absolute Gasteiger partial charge is 0.352 e. The minimum Gasteiger partial charge on any atom is -0.352 e. The second-order valence-electron chi connectivity index (χ2n) is 7.08. The Morgan fingerprint density at radius 3 is 2.13 bits per heavy atom. The highest BCUT2D eigenvalue weighted by molar-refractivity contribution is 5.79. The molecule has 2 N–H and O–H groups in total. The van der Waals surface area contributed by atoms with Gasteiger partial charge in [0.1, 0.15) is 5.82 Å². The molecule has 3 aromatic carbocycles. The maximum atomic E-state index is 13.0. The molecule has 4 rings (SSSR count). The fourth-order valence-corrected chi connectivity index (χ4v) is 3.29. The summed E-state index contributed by atoms with van der Waals surface area (Å²) in [6.45, 7) is 2.03. The number of fused-ring (bicyclic) bond motifs is 1. The summed E-state index contributed by atoms with van der Waals surface area (Å²) in [7, 11) is 1.73. The number of imidazole rings is 1. The summed E-state index contributed by atoms with van der Waals surface area (Å²) in [4.78, 5) is 8.69. The van der Waals surface area contributed by atoms with Crippen LogP contribution in [0.5, 0.6) is 0 Å². The van der Waals surface area contributed by atoms with Crippen LogP contribution < -0.4 is 10.6 Å². The van der Waals surface area contributed by atoms with E-state index in [0.717, 1.165) is 23.1 Å². The Morgan fingerprint density at radius 2 is 1.47 bits per heavy atom. The van der Waals surface area contributed by atoms with Crippen LogP contribution in [-0.2, 0) is 19.6 Å². The van der Waals surface area contributed by atoms with Crippen molar-refractivity contribution in [3.63, 3.8) is 0 Å². The lowest BCUT2D eigenvalue weighted by Gasteiger charge is -2.12. The van der Waals surface area contributed by atoms with E-state index in [2.05, 4.69) is 55.5 Å². The van der Waals surface area contributed by atoms with Crippen molar-refractivity contribution in [2.75, 3.05) is 7.05 Å². The molecule has 1 aromatic heterocycles. The van der Waals surface area contributed by atoms with Gasteiger partial charge in [0.2, 0.25) is 0 Å². The zero-order valence-corrected chi connectivity index (χ0v) is 16.8. The Kier molecular flexibility index (Phi) is 6.03. The van der Waals surface area contributed by atoms with Crippen molar-refractivity contribution in [2.45, 2.75) is 19.6 Å². The number of hydrogen-bond acceptors (Lipinski definition) is 2. The first-order valence-electron chi connectivity index (χ1n) is 9.88. The van der Waals surface area contributed by atoms with Gasteiger partial charge in [0.05, 0.1) is 17.4 Å². The summed E-state index contributed by atoms with van der Waals surface area (Å²) < 4.78 is 15.2. The summed E-state index contributed by atoms with van der Waals surface area (Å²) in [5.74, 6) is 0.471. The second-order valence-corrected chi connectivity index (χ2v) is 7.08. The summed E-state index contributed by atoms with van der Waals surface area (Å²) in [6, 6.07) is 23.1. The smallest absolute Gasteiger partial charge is 0.191 e. The van der Waals surface area contributed by atoms with Gasteiger partial charge in [-0.2, -0.15) is 0 Å². The lowest BCUT2D eigenvalue weighted by Crippen LogP contribution is -2.36. The number of aromatic nitrogens is 2. The van der Waals surface area contributed by atoms with E-state index < -0.39 is 0 Å². The minimum atomic E-state index is -0.231. The molecule has 5 nitrogen and oxygen atoms in total. The number of rotatable bonds is 6. The molecule has 0 spiro atoms. The third-order valence-corrected chi connectivity index (χ3v) is 4.96. The van der Waals surface area contributed by atoms with Crippen LogP contribution in [0.2, 0.25) is 0 Å². The third kappa shape index (κ3) is 4.84. The van der Waals surface area contributed by atoms with Gasteiger partial charge >= 0.3 is 0 Å². The highest BCUT2D eigenvalue weighted by Gasteiger charge is 2.03. The van der Waals surface area contributed by atoms with E-state index in [1.54, 1.807) is 19.2 Å². The summed E-state index contributed by atoms with van der Waals surface area (Å²) in [6.07, 6.45) is 1.89. The molecule has 0 aliphatic rings. The maximum Gasteiger partial charge on any atom is 0.191 e. The lowest BCUT2D eigenvalue weighted by molar-refractivity contribution is 0.626. The Balaban J connectivity index is 1.31. The van der Waals surface area contributed by atoms with Crippen LogP contribution >= 0.6 is 0 Å². The van der Waals surface area contributed by atoms with E-state index >= 15 is 0 Å². The van der Waals surface area contributed by atoms with Gasteiger partial charge in [0, 0.05) is 26.7 Å². The maximum absolute atomic E-state index is 13.0. The van der Waals surface area contributed by atoms with Crippen molar-refractivity contribution in [2.24, 2.45) is 4.99 Å². The molecule has 0 unspecified atom stereocenters. The van der Waals surface area contributed by atoms with Crippen LogP contribution in [0.15, 0.2) is 84.1 Å². The van der Waals surface area contributed by atoms with Gasteiger partial charge in [-0.15, -0.1) is 0 Å². The zero-order valence-electron chi connectivity index (χ0n) is 16.8. The predicted octanol–water partition coefficient (Wildman–Crippen LogP) is 4.09. The molecular formula is C24H24FN5. The number of nitrogens with zero attached hydrogens (tertiary/aromatic N) is 3. The molecule has 0 radical (unpaired) electrons. The van der Waals surface area contributed by atoms with E-state index in [0.29, 0.717) is 19.0 Å². The Bertz CT molecular complexity index is 1130. The molecule has 4 aromatic rings. The topological polar surface area (TPSA) is 54.2 Å². The first-order valence-corrected chi connectivity index (χ1v) is 9.88. The molecule has 30 heavy (non-hydrogen) atoms. The van der Waals surface area contributed by atoms with Gasteiger partial charge in [0.25, 0.3) is 0 Å². The quantitative estimate of drug-likeness (QED) is 0.378. The van der Waals surface area contributed by atoms with E-state index in [-0.39, 0.29) is 5.82 Å². The van der Waals surface area contributed by atoms with Crippen LogP contribution in [0.4, 0.5) is 4.39 Å². The van der Waals surface area contributed by atoms with Crippen LogP contribution in [0.25, 0.3) is 11.0 Å². The van der Waals surface area contributed by atoms with Crippen molar-refractivity contribution >= 4 is 17.0 Å². The van der Waals surface area contributed by atoms with Gasteiger partial charge in [-0.1, -0.05) is 48.5 Å². The molecule has 0 saturated heterocycles. The molecule has 0 amide bonds. The van der Waals surface area contributed by atoms with Crippen molar-refractivity contribution in [3.05, 3.63) is 102 Å². The summed E-state index contributed by atoms with van der Waals surface area (Å²) in [5.41, 5.74) is 5.53. The standard InChI is InChI=1S/C24H24FN5/c1-26-24(28-15-19-10-12-21(25)13-11-19)27-14-18-6-8-20(9-7-18)16-30-17-29-22-4-2-3-5-23(22)30/h2-13,17H,14-16H2,1H3,(H2,26,27,28). The van der Waals surface area contributed by atoms with Crippen molar-refractivity contribution < 1.29 is 4.39 Å². The molecule has 6 heteroatoms. The Morgan fingerprint density at radius 1 is 0.867 bits per heavy atom.